The molecule has 10 heteroatoms. The van der Waals surface area contributed by atoms with E-state index in [9.17, 15) is 28.0 Å². The largest absolute Gasteiger partial charge is 0.298 e. The van der Waals surface area contributed by atoms with Gasteiger partial charge >= 0.3 is 0 Å². The number of fused-ring (bicyclic) bond motifs is 3. The van der Waals surface area contributed by atoms with E-state index in [-0.39, 0.29) is 39.8 Å². The molecule has 2 heterocycles. The quantitative estimate of drug-likeness (QED) is 0.101. The van der Waals surface area contributed by atoms with Crippen LogP contribution in [0.2, 0.25) is 0 Å². The number of para-hydroxylation sites is 1. The number of benzene rings is 5. The van der Waals surface area contributed by atoms with Gasteiger partial charge in [-0.2, -0.15) is 0 Å². The lowest BCUT2D eigenvalue weighted by molar-refractivity contribution is -0.122. The Morgan fingerprint density at radius 1 is 0.609 bits per heavy atom. The molecule has 0 spiro atoms. The van der Waals surface area contributed by atoms with Crippen molar-refractivity contribution in [2.24, 2.45) is 5.92 Å². The summed E-state index contributed by atoms with van der Waals surface area (Å²) in [6.45, 7) is 6.81. The van der Waals surface area contributed by atoms with Crippen molar-refractivity contribution in [2.75, 3.05) is 4.90 Å². The Morgan fingerprint density at radius 3 is 1.69 bits per heavy atom. The summed E-state index contributed by atoms with van der Waals surface area (Å²) in [4.78, 5) is 57.3. The van der Waals surface area contributed by atoms with Gasteiger partial charge in [0.1, 0.15) is 28.9 Å². The summed E-state index contributed by atoms with van der Waals surface area (Å²) in [6.07, 6.45) is 2.86. The fraction of sp³-hybridized carbons (Fsp3) is 0.130. The number of nitrogens with zero attached hydrogens (tertiary/aromatic N) is 2. The van der Waals surface area contributed by atoms with Crippen LogP contribution in [-0.2, 0) is 14.4 Å². The number of allylic oxidation sites excluding steroid dienone is 3. The lowest BCUT2D eigenvalue weighted by Crippen LogP contribution is -2.37. The summed E-state index contributed by atoms with van der Waals surface area (Å²) >= 11 is 0. The van der Waals surface area contributed by atoms with Gasteiger partial charge in [-0.25, -0.2) is 22.5 Å². The van der Waals surface area contributed by atoms with Gasteiger partial charge in [0.2, 0.25) is 0 Å². The fourth-order valence-corrected chi connectivity index (χ4v) is 8.11. The van der Waals surface area contributed by atoms with Gasteiger partial charge in [0.25, 0.3) is 5.91 Å². The van der Waals surface area contributed by atoms with Gasteiger partial charge in [-0.1, -0.05) is 92.1 Å². The monoisotopic (exact) mass is 852 g/mol. The van der Waals surface area contributed by atoms with Gasteiger partial charge in [0, 0.05) is 55.8 Å². The van der Waals surface area contributed by atoms with Crippen LogP contribution in [0.4, 0.5) is 23.2 Å². The van der Waals surface area contributed by atoms with E-state index in [1.165, 1.54) is 19.1 Å². The Kier molecular flexibility index (Phi) is 11.6. The molecule has 6 aromatic rings. The molecular formula is C54H36F4N2O4. The zero-order valence-corrected chi connectivity index (χ0v) is 34.9. The minimum atomic E-state index is -1.60. The SMILES string of the molecule is CC(C)C1C(=O)C(c2c(F)cc(C#Cc3ccccc3)cc2F)C(=O)c2nc3ccccc3cc21.CC1=C2C=CC(=O)C(C)=C2N(c2c(F)cc(C#Cc3ccccc3)cc2F)C1=O. The van der Waals surface area contributed by atoms with Crippen molar-refractivity contribution in [3.8, 4) is 23.7 Å². The van der Waals surface area contributed by atoms with Crippen molar-refractivity contribution in [1.29, 1.82) is 0 Å². The van der Waals surface area contributed by atoms with Crippen LogP contribution in [0.5, 0.6) is 0 Å². The van der Waals surface area contributed by atoms with E-state index in [0.29, 0.717) is 33.4 Å². The maximum atomic E-state index is 15.3. The van der Waals surface area contributed by atoms with Crippen LogP contribution in [0, 0.1) is 52.9 Å². The molecule has 0 saturated heterocycles. The maximum absolute atomic E-state index is 15.3. The molecular weight excluding hydrogens is 817 g/mol. The van der Waals surface area contributed by atoms with Crippen LogP contribution in [0.25, 0.3) is 10.9 Å². The number of anilines is 1. The maximum Gasteiger partial charge on any atom is 0.259 e. The Balaban J connectivity index is 0.000000178. The Bertz CT molecular complexity index is 3150. The molecule has 5 aromatic carbocycles. The predicted molar refractivity (Wildman–Crippen MR) is 236 cm³/mol. The van der Waals surface area contributed by atoms with E-state index in [1.54, 1.807) is 49.4 Å². The van der Waals surface area contributed by atoms with E-state index in [1.807, 2.05) is 62.4 Å². The zero-order chi connectivity index (χ0) is 45.4. The van der Waals surface area contributed by atoms with Crippen molar-refractivity contribution in [3.05, 3.63) is 212 Å². The predicted octanol–water partition coefficient (Wildman–Crippen LogP) is 10.6. The van der Waals surface area contributed by atoms with Crippen LogP contribution in [0.1, 0.15) is 83.4 Å². The average Bonchev–Trinajstić information content (AvgIpc) is 3.52. The summed E-state index contributed by atoms with van der Waals surface area (Å²) in [7, 11) is 0. The molecule has 0 bridgehead atoms. The van der Waals surface area contributed by atoms with Crippen LogP contribution in [-0.4, -0.2) is 28.2 Å². The second-order valence-electron chi connectivity index (χ2n) is 15.8. The normalized spacial score (nSPS) is 16.5. The number of amides is 1. The molecule has 3 aliphatic rings. The number of hydrogen-bond donors (Lipinski definition) is 0. The summed E-state index contributed by atoms with van der Waals surface area (Å²) in [6, 6.07) is 31.5. The van der Waals surface area contributed by atoms with E-state index in [4.69, 9.17) is 0 Å². The van der Waals surface area contributed by atoms with Gasteiger partial charge in [-0.3, -0.25) is 24.1 Å². The highest BCUT2D eigenvalue weighted by atomic mass is 19.1. The van der Waals surface area contributed by atoms with Crippen LogP contribution >= 0.6 is 0 Å². The molecule has 6 nitrogen and oxygen atoms in total. The average molecular weight is 853 g/mol. The number of ketones is 3. The molecule has 0 radical (unpaired) electrons. The highest BCUT2D eigenvalue weighted by Crippen LogP contribution is 2.43. The van der Waals surface area contributed by atoms with Crippen LogP contribution in [0.3, 0.4) is 0 Å². The summed E-state index contributed by atoms with van der Waals surface area (Å²) in [5.41, 5.74) is 3.13. The van der Waals surface area contributed by atoms with Gasteiger partial charge < -0.3 is 0 Å². The molecule has 1 aliphatic heterocycles. The van der Waals surface area contributed by atoms with Crippen molar-refractivity contribution >= 4 is 39.8 Å². The molecule has 1 amide bonds. The zero-order valence-electron chi connectivity index (χ0n) is 34.9. The fourth-order valence-electron chi connectivity index (χ4n) is 8.11. The van der Waals surface area contributed by atoms with Crippen molar-refractivity contribution in [1.82, 2.24) is 4.98 Å². The second-order valence-corrected chi connectivity index (χ2v) is 15.8. The van der Waals surface area contributed by atoms with Gasteiger partial charge in [0.15, 0.2) is 29.0 Å². The van der Waals surface area contributed by atoms with Gasteiger partial charge in [-0.15, -0.1) is 0 Å². The van der Waals surface area contributed by atoms with E-state index < -0.39 is 63.8 Å². The van der Waals surface area contributed by atoms with Crippen molar-refractivity contribution in [3.63, 3.8) is 0 Å². The smallest absolute Gasteiger partial charge is 0.259 e. The molecule has 314 valence electrons. The lowest BCUT2D eigenvalue weighted by atomic mass is 9.70. The number of carbonyl (C=O) groups excluding carboxylic acids is 4. The Morgan fingerprint density at radius 2 is 1.12 bits per heavy atom. The van der Waals surface area contributed by atoms with Crippen LogP contribution < -0.4 is 4.90 Å². The molecule has 0 saturated carbocycles. The third-order valence-electron chi connectivity index (χ3n) is 11.2. The number of hydrogen-bond acceptors (Lipinski definition) is 5. The topological polar surface area (TPSA) is 84.4 Å². The van der Waals surface area contributed by atoms with E-state index in [2.05, 4.69) is 28.7 Å². The van der Waals surface area contributed by atoms with Crippen molar-refractivity contribution < 1.29 is 36.7 Å². The molecule has 64 heavy (non-hydrogen) atoms. The standard InChI is InChI=1S/C30H21F2NO2.C24H15F2NO2/c1-17(2)25-21-16-20-10-6-7-11-24(20)33-28(21)30(35)27(29(25)34)26-22(31)14-19(15-23(26)32)13-12-18-8-4-3-5-9-18;1-14-18-10-11-21(28)15(2)22(18)27(24(14)29)23-19(25)12-17(13-20(23)26)9-8-16-6-4-3-5-7-16/h3-11,14-17,25,27H,1-2H3;3-7,10-13H,1-2H3. The first-order valence-corrected chi connectivity index (χ1v) is 20.3. The summed E-state index contributed by atoms with van der Waals surface area (Å²) in [5, 5.41) is 0.801. The minimum absolute atomic E-state index is 0.0961. The number of halogens is 4. The second kappa shape index (κ2) is 17.4. The minimum Gasteiger partial charge on any atom is -0.298 e. The highest BCUT2D eigenvalue weighted by Gasteiger charge is 2.46. The molecule has 0 N–H and O–H groups in total. The molecule has 9 rings (SSSR count). The third kappa shape index (κ3) is 7.98. The molecule has 0 fully saturated rings. The van der Waals surface area contributed by atoms with Crippen molar-refractivity contribution in [2.45, 2.75) is 39.5 Å². The Labute approximate surface area is 366 Å². The molecule has 2 unspecified atom stereocenters. The molecule has 2 aliphatic carbocycles. The van der Waals surface area contributed by atoms with Crippen LogP contribution in [0.15, 0.2) is 150 Å². The summed E-state index contributed by atoms with van der Waals surface area (Å²) < 4.78 is 60.4. The third-order valence-corrected chi connectivity index (χ3v) is 11.2. The van der Waals surface area contributed by atoms with E-state index >= 15 is 8.78 Å². The highest BCUT2D eigenvalue weighted by molar-refractivity contribution is 6.21. The molecule has 1 aromatic heterocycles. The number of aromatic nitrogens is 1. The first-order chi connectivity index (χ1) is 30.7. The first kappa shape index (κ1) is 42.7. The lowest BCUT2D eigenvalue weighted by Gasteiger charge is -2.31. The number of Topliss-reactive ketones (excluding diaryl/α,β-unsaturated/α-hetero) is 2. The number of rotatable bonds is 3. The van der Waals surface area contributed by atoms with Gasteiger partial charge in [0.05, 0.1) is 11.2 Å². The van der Waals surface area contributed by atoms with Gasteiger partial charge in [-0.05, 0) is 98.1 Å². The number of carbonyl (C=O) groups is 4. The Hall–Kier alpha value is -7.95. The molecule has 2 atom stereocenters. The first-order valence-electron chi connectivity index (χ1n) is 20.3. The van der Waals surface area contributed by atoms with E-state index in [0.717, 1.165) is 34.6 Å². The number of pyridine rings is 1. The summed E-state index contributed by atoms with van der Waals surface area (Å²) in [5.74, 6) is 2.82.